The number of hydrogen-bond acceptors (Lipinski definition) is 5. The maximum atomic E-state index is 11.9. The zero-order valence-corrected chi connectivity index (χ0v) is 17.0. The van der Waals surface area contributed by atoms with E-state index in [1.165, 1.54) is 0 Å². The van der Waals surface area contributed by atoms with Crippen LogP contribution in [0.25, 0.3) is 11.0 Å². The van der Waals surface area contributed by atoms with Gasteiger partial charge in [0.05, 0.1) is 19.3 Å². The van der Waals surface area contributed by atoms with Gasteiger partial charge in [-0.15, -0.1) is 0 Å². The molecule has 0 radical (unpaired) electrons. The molecule has 0 atom stereocenters. The number of aromatic nitrogens is 1. The van der Waals surface area contributed by atoms with Crippen LogP contribution < -0.4 is 4.74 Å². The van der Waals surface area contributed by atoms with Crippen LogP contribution in [0.2, 0.25) is 0 Å². The van der Waals surface area contributed by atoms with Crippen molar-refractivity contribution in [3.8, 4) is 5.75 Å². The van der Waals surface area contributed by atoms with Crippen LogP contribution in [0.3, 0.4) is 0 Å². The summed E-state index contributed by atoms with van der Waals surface area (Å²) in [5.41, 5.74) is 5.71. The lowest BCUT2D eigenvalue weighted by atomic mass is 10.0. The molecule has 3 aromatic rings. The molecule has 1 aromatic carbocycles. The molecule has 5 heteroatoms. The molecule has 0 fully saturated rings. The number of pyridine rings is 1. The van der Waals surface area contributed by atoms with Gasteiger partial charge in [-0.2, -0.15) is 0 Å². The number of fused-ring (bicyclic) bond motifs is 1. The molecule has 28 heavy (non-hydrogen) atoms. The molecule has 0 aliphatic heterocycles. The van der Waals surface area contributed by atoms with Crippen molar-refractivity contribution in [2.24, 2.45) is 0 Å². The molecule has 2 aromatic heterocycles. The minimum absolute atomic E-state index is 0.209. The zero-order chi connectivity index (χ0) is 20.1. The van der Waals surface area contributed by atoms with Gasteiger partial charge >= 0.3 is 5.97 Å². The van der Waals surface area contributed by atoms with Gasteiger partial charge < -0.3 is 13.9 Å². The molecule has 0 N–H and O–H groups in total. The van der Waals surface area contributed by atoms with Crippen molar-refractivity contribution < 1.29 is 18.7 Å². The lowest BCUT2D eigenvalue weighted by molar-refractivity contribution is -0.142. The Bertz CT molecular complexity index is 974. The summed E-state index contributed by atoms with van der Waals surface area (Å²) in [6, 6.07) is 7.98. The second-order valence-corrected chi connectivity index (χ2v) is 6.90. The van der Waals surface area contributed by atoms with Crippen LogP contribution in [0.1, 0.15) is 48.3 Å². The monoisotopic (exact) mass is 381 g/mol. The van der Waals surface area contributed by atoms with E-state index in [1.807, 2.05) is 32.0 Å². The van der Waals surface area contributed by atoms with Gasteiger partial charge in [-0.25, -0.2) is 0 Å². The molecular formula is C23H27NO4. The topological polar surface area (TPSA) is 61.6 Å². The molecular weight excluding hydrogens is 354 g/mol. The average Bonchev–Trinajstić information content (AvgIpc) is 3.05. The number of hydrogen-bond donors (Lipinski definition) is 0. The van der Waals surface area contributed by atoms with Gasteiger partial charge in [0.15, 0.2) is 0 Å². The van der Waals surface area contributed by atoms with Crippen molar-refractivity contribution in [3.05, 3.63) is 58.6 Å². The van der Waals surface area contributed by atoms with Gasteiger partial charge in [-0.3, -0.25) is 9.78 Å². The number of nitrogens with zero attached hydrogens (tertiary/aromatic N) is 1. The fraction of sp³-hybridized carbons (Fsp3) is 0.391. The van der Waals surface area contributed by atoms with Crippen molar-refractivity contribution >= 4 is 16.9 Å². The minimum Gasteiger partial charge on any atom is -0.488 e. The molecule has 148 valence electrons. The first-order valence-electron chi connectivity index (χ1n) is 9.77. The van der Waals surface area contributed by atoms with E-state index >= 15 is 0 Å². The molecule has 0 amide bonds. The third-order valence-corrected chi connectivity index (χ3v) is 4.74. The first-order valence-corrected chi connectivity index (χ1v) is 9.77. The van der Waals surface area contributed by atoms with Crippen LogP contribution in [0.15, 0.2) is 34.9 Å². The molecule has 0 aliphatic rings. The van der Waals surface area contributed by atoms with Crippen LogP contribution >= 0.6 is 0 Å². The second-order valence-electron chi connectivity index (χ2n) is 6.90. The van der Waals surface area contributed by atoms with Gasteiger partial charge in [0.25, 0.3) is 0 Å². The summed E-state index contributed by atoms with van der Waals surface area (Å²) in [5, 5.41) is 0.942. The molecule has 0 unspecified atom stereocenters. The van der Waals surface area contributed by atoms with Gasteiger partial charge in [0.1, 0.15) is 17.9 Å². The summed E-state index contributed by atoms with van der Waals surface area (Å²) in [7, 11) is 0. The SMILES string of the molecule is CCCc1c(OCc2ccc(C)nc2C)ccc2c(CC(=O)OCC)coc12. The molecule has 0 aliphatic carbocycles. The summed E-state index contributed by atoms with van der Waals surface area (Å²) in [5.74, 6) is 0.566. The Morgan fingerprint density at radius 2 is 1.93 bits per heavy atom. The molecule has 5 nitrogen and oxygen atoms in total. The van der Waals surface area contributed by atoms with E-state index in [0.29, 0.717) is 13.2 Å². The fourth-order valence-corrected chi connectivity index (χ4v) is 3.34. The Labute approximate surface area is 165 Å². The molecule has 0 bridgehead atoms. The lowest BCUT2D eigenvalue weighted by Gasteiger charge is -2.13. The molecule has 2 heterocycles. The highest BCUT2D eigenvalue weighted by Crippen LogP contribution is 2.33. The third kappa shape index (κ3) is 4.35. The van der Waals surface area contributed by atoms with E-state index in [0.717, 1.165) is 57.6 Å². The van der Waals surface area contributed by atoms with E-state index in [9.17, 15) is 4.79 Å². The smallest absolute Gasteiger partial charge is 0.310 e. The van der Waals surface area contributed by atoms with Gasteiger partial charge in [-0.1, -0.05) is 19.4 Å². The predicted octanol–water partition coefficient (Wildman–Crippen LogP) is 5.08. The number of benzene rings is 1. The van der Waals surface area contributed by atoms with Gasteiger partial charge in [0, 0.05) is 33.5 Å². The van der Waals surface area contributed by atoms with Crippen molar-refractivity contribution in [2.45, 2.75) is 53.6 Å². The highest BCUT2D eigenvalue weighted by molar-refractivity contribution is 5.89. The number of furan rings is 1. The van der Waals surface area contributed by atoms with E-state index < -0.39 is 0 Å². The summed E-state index contributed by atoms with van der Waals surface area (Å²) < 4.78 is 17.0. The quantitative estimate of drug-likeness (QED) is 0.509. The molecule has 0 saturated carbocycles. The number of aryl methyl sites for hydroxylation is 3. The maximum absolute atomic E-state index is 11.9. The number of carbonyl (C=O) groups is 1. The number of rotatable bonds is 8. The normalized spacial score (nSPS) is 11.0. The van der Waals surface area contributed by atoms with E-state index in [1.54, 1.807) is 13.2 Å². The largest absolute Gasteiger partial charge is 0.488 e. The van der Waals surface area contributed by atoms with Crippen molar-refractivity contribution in [2.75, 3.05) is 6.61 Å². The summed E-state index contributed by atoms with van der Waals surface area (Å²) in [4.78, 5) is 16.4. The Morgan fingerprint density at radius 1 is 1.11 bits per heavy atom. The zero-order valence-electron chi connectivity index (χ0n) is 17.0. The number of carbonyl (C=O) groups excluding carboxylic acids is 1. The Morgan fingerprint density at radius 3 is 2.64 bits per heavy atom. The summed E-state index contributed by atoms with van der Waals surface area (Å²) in [6.45, 7) is 8.74. The Kier molecular flexibility index (Phi) is 6.34. The number of esters is 1. The third-order valence-electron chi connectivity index (χ3n) is 4.74. The highest BCUT2D eigenvalue weighted by Gasteiger charge is 2.17. The van der Waals surface area contributed by atoms with Crippen LogP contribution in [0.4, 0.5) is 0 Å². The summed E-state index contributed by atoms with van der Waals surface area (Å²) >= 11 is 0. The van der Waals surface area contributed by atoms with Crippen LogP contribution in [-0.4, -0.2) is 17.6 Å². The number of ether oxygens (including phenoxy) is 2. The van der Waals surface area contributed by atoms with Crippen molar-refractivity contribution in [1.29, 1.82) is 0 Å². The van der Waals surface area contributed by atoms with Crippen LogP contribution in [-0.2, 0) is 29.0 Å². The molecule has 0 saturated heterocycles. The first-order chi connectivity index (χ1) is 13.5. The second kappa shape index (κ2) is 8.91. The summed E-state index contributed by atoms with van der Waals surface area (Å²) in [6.07, 6.45) is 3.66. The van der Waals surface area contributed by atoms with Crippen molar-refractivity contribution in [3.63, 3.8) is 0 Å². The average molecular weight is 381 g/mol. The Hall–Kier alpha value is -2.82. The molecule has 3 rings (SSSR count). The first kappa shape index (κ1) is 19.9. The maximum Gasteiger partial charge on any atom is 0.310 e. The fourth-order valence-electron chi connectivity index (χ4n) is 3.34. The van der Waals surface area contributed by atoms with Gasteiger partial charge in [-0.05, 0) is 45.4 Å². The van der Waals surface area contributed by atoms with E-state index in [4.69, 9.17) is 13.9 Å². The van der Waals surface area contributed by atoms with E-state index in [2.05, 4.69) is 18.0 Å². The van der Waals surface area contributed by atoms with E-state index in [-0.39, 0.29) is 12.4 Å². The minimum atomic E-state index is -0.245. The molecule has 0 spiro atoms. The predicted molar refractivity (Wildman–Crippen MR) is 109 cm³/mol. The van der Waals surface area contributed by atoms with Gasteiger partial charge in [0.2, 0.25) is 0 Å². The standard InChI is InChI=1S/C23H27NO4/c1-5-7-20-21(27-13-17-9-8-15(3)24-16(17)4)11-10-19-18(14-28-23(19)20)12-22(25)26-6-2/h8-11,14H,5-7,12-13H2,1-4H3. The van der Waals surface area contributed by atoms with Crippen LogP contribution in [0.5, 0.6) is 5.75 Å². The Balaban J connectivity index is 1.88. The highest BCUT2D eigenvalue weighted by atomic mass is 16.5. The lowest BCUT2D eigenvalue weighted by Crippen LogP contribution is -2.07. The van der Waals surface area contributed by atoms with Crippen LogP contribution in [0, 0.1) is 13.8 Å². The van der Waals surface area contributed by atoms with Crippen molar-refractivity contribution in [1.82, 2.24) is 4.98 Å².